The van der Waals surface area contributed by atoms with Crippen molar-refractivity contribution in [2.24, 2.45) is 23.1 Å². The predicted octanol–water partition coefficient (Wildman–Crippen LogP) is -0.718. The summed E-state index contributed by atoms with van der Waals surface area (Å²) in [6.45, 7) is 4.56. The molecule has 0 radical (unpaired) electrons. The molecule has 0 rings (SSSR count). The van der Waals surface area contributed by atoms with Gasteiger partial charge in [0, 0.05) is 0 Å². The Morgan fingerprint density at radius 3 is 1.73 bits per heavy atom. The minimum Gasteiger partial charge on any atom is -0.480 e. The highest BCUT2D eigenvalue weighted by molar-refractivity contribution is 5.91. The van der Waals surface area contributed by atoms with E-state index in [1.54, 1.807) is 0 Å². The maximum absolute atomic E-state index is 12.5. The van der Waals surface area contributed by atoms with Gasteiger partial charge in [0.05, 0.1) is 6.04 Å². The zero-order chi connectivity index (χ0) is 20.1. The van der Waals surface area contributed by atoms with Crippen molar-refractivity contribution in [3.05, 3.63) is 0 Å². The van der Waals surface area contributed by atoms with Crippen LogP contribution in [0.5, 0.6) is 0 Å². The van der Waals surface area contributed by atoms with Gasteiger partial charge in [0.15, 0.2) is 0 Å². The lowest BCUT2D eigenvalue weighted by Crippen LogP contribution is -2.55. The average Bonchev–Trinajstić information content (AvgIpc) is 2.58. The van der Waals surface area contributed by atoms with Crippen molar-refractivity contribution in [2.45, 2.75) is 70.5 Å². The summed E-state index contributed by atoms with van der Waals surface area (Å²) in [5.74, 6) is -2.14. The molecule has 0 aliphatic carbocycles. The Morgan fingerprint density at radius 2 is 1.31 bits per heavy atom. The largest absolute Gasteiger partial charge is 0.480 e. The molecule has 0 heterocycles. The lowest BCUT2D eigenvalue weighted by molar-refractivity contribution is -0.142. The normalized spacial score (nSPS) is 14.5. The molecule has 0 aromatic heterocycles. The second-order valence-corrected chi connectivity index (χ2v) is 6.80. The number of hydrogen-bond acceptors (Lipinski definition) is 6. The van der Waals surface area contributed by atoms with Gasteiger partial charge in [-0.25, -0.2) is 4.79 Å². The summed E-state index contributed by atoms with van der Waals surface area (Å²) in [6, 6.07) is -2.59. The number of carboxylic acids is 1. The third-order valence-electron chi connectivity index (χ3n) is 4.16. The molecular weight excluding hydrogens is 338 g/mol. The van der Waals surface area contributed by atoms with Crippen LogP contribution in [0.2, 0.25) is 0 Å². The first-order chi connectivity index (χ1) is 12.2. The smallest absolute Gasteiger partial charge is 0.326 e. The quantitative estimate of drug-likeness (QED) is 0.218. The highest BCUT2D eigenvalue weighted by Crippen LogP contribution is 2.06. The van der Waals surface area contributed by atoms with Gasteiger partial charge in [0.1, 0.15) is 12.1 Å². The van der Waals surface area contributed by atoms with E-state index in [4.69, 9.17) is 17.2 Å². The molecule has 0 aromatic carbocycles. The predicted molar refractivity (Wildman–Crippen MR) is 100 cm³/mol. The molecule has 0 aliphatic rings. The Labute approximate surface area is 155 Å². The summed E-state index contributed by atoms with van der Waals surface area (Å²) in [4.78, 5) is 36.1. The Hall–Kier alpha value is -1.71. The summed E-state index contributed by atoms with van der Waals surface area (Å²) >= 11 is 0. The fourth-order valence-corrected chi connectivity index (χ4v) is 2.35. The highest BCUT2D eigenvalue weighted by Gasteiger charge is 2.28. The summed E-state index contributed by atoms with van der Waals surface area (Å²) in [5, 5.41) is 14.4. The molecule has 152 valence electrons. The Bertz CT molecular complexity index is 445. The van der Waals surface area contributed by atoms with Crippen molar-refractivity contribution in [1.29, 1.82) is 0 Å². The topological polar surface area (TPSA) is 174 Å². The van der Waals surface area contributed by atoms with E-state index in [0.717, 1.165) is 0 Å². The molecule has 0 bridgehead atoms. The fourth-order valence-electron chi connectivity index (χ4n) is 2.35. The molecule has 9 heteroatoms. The molecule has 9 N–H and O–H groups in total. The van der Waals surface area contributed by atoms with E-state index in [1.807, 2.05) is 13.8 Å². The van der Waals surface area contributed by atoms with Crippen molar-refractivity contribution in [3.8, 4) is 0 Å². The van der Waals surface area contributed by atoms with Gasteiger partial charge >= 0.3 is 5.97 Å². The second-order valence-electron chi connectivity index (χ2n) is 6.80. The van der Waals surface area contributed by atoms with Crippen molar-refractivity contribution < 1.29 is 19.5 Å². The van der Waals surface area contributed by atoms with E-state index in [0.29, 0.717) is 45.2 Å². The van der Waals surface area contributed by atoms with Crippen LogP contribution >= 0.6 is 0 Å². The first-order valence-corrected chi connectivity index (χ1v) is 9.23. The van der Waals surface area contributed by atoms with E-state index in [-0.39, 0.29) is 12.3 Å². The van der Waals surface area contributed by atoms with E-state index in [1.165, 1.54) is 0 Å². The number of carbonyl (C=O) groups is 3. The number of unbranched alkanes of at least 4 members (excludes halogenated alkanes) is 2. The first-order valence-electron chi connectivity index (χ1n) is 9.23. The monoisotopic (exact) mass is 373 g/mol. The Morgan fingerprint density at radius 1 is 0.846 bits per heavy atom. The van der Waals surface area contributed by atoms with Gasteiger partial charge in [0.25, 0.3) is 0 Å². The molecule has 0 fully saturated rings. The SMILES string of the molecule is CC(C)[C@H](N)C(=O)N[C@@H](CCCCN)C(=O)N[C@@H](CCCCN)C(=O)O. The maximum Gasteiger partial charge on any atom is 0.326 e. The van der Waals surface area contributed by atoms with E-state index in [9.17, 15) is 19.5 Å². The number of hydrogen-bond donors (Lipinski definition) is 6. The van der Waals surface area contributed by atoms with Crippen molar-refractivity contribution in [1.82, 2.24) is 10.6 Å². The van der Waals surface area contributed by atoms with Crippen LogP contribution in [0.4, 0.5) is 0 Å². The minimum absolute atomic E-state index is 0.0780. The molecule has 0 aliphatic heterocycles. The van der Waals surface area contributed by atoms with Gasteiger partial charge in [-0.15, -0.1) is 0 Å². The van der Waals surface area contributed by atoms with Gasteiger partial charge in [-0.3, -0.25) is 9.59 Å². The number of amides is 2. The molecule has 3 atom stereocenters. The summed E-state index contributed by atoms with van der Waals surface area (Å²) in [7, 11) is 0. The van der Waals surface area contributed by atoms with Crippen LogP contribution in [0.25, 0.3) is 0 Å². The van der Waals surface area contributed by atoms with Crippen molar-refractivity contribution in [2.75, 3.05) is 13.1 Å². The fraction of sp³-hybridized carbons (Fsp3) is 0.824. The standard InChI is InChI=1S/C17H35N5O4/c1-11(2)14(20)16(24)21-12(7-3-5-9-18)15(23)22-13(17(25)26)8-4-6-10-19/h11-14H,3-10,18-20H2,1-2H3,(H,21,24)(H,22,23)(H,25,26)/t12-,13-,14-/m0/s1. The molecule has 26 heavy (non-hydrogen) atoms. The van der Waals surface area contributed by atoms with Gasteiger partial charge < -0.3 is 32.9 Å². The minimum atomic E-state index is -1.11. The van der Waals surface area contributed by atoms with E-state index >= 15 is 0 Å². The number of carbonyl (C=O) groups excluding carboxylic acids is 2. The number of nitrogens with one attached hydrogen (secondary N) is 2. The first kappa shape index (κ1) is 24.3. The number of rotatable bonds is 14. The van der Waals surface area contributed by atoms with Crippen LogP contribution in [-0.2, 0) is 14.4 Å². The van der Waals surface area contributed by atoms with Gasteiger partial charge in [-0.2, -0.15) is 0 Å². The second kappa shape index (κ2) is 13.5. The molecule has 0 saturated carbocycles. The van der Waals surface area contributed by atoms with E-state index in [2.05, 4.69) is 10.6 Å². The third kappa shape index (κ3) is 9.69. The molecular formula is C17H35N5O4. The zero-order valence-corrected chi connectivity index (χ0v) is 15.9. The summed E-state index contributed by atoms with van der Waals surface area (Å²) in [6.07, 6.45) is 3.27. The average molecular weight is 373 g/mol. The Kier molecular flexibility index (Phi) is 12.6. The van der Waals surface area contributed by atoms with Gasteiger partial charge in [-0.05, 0) is 57.5 Å². The summed E-state index contributed by atoms with van der Waals surface area (Å²) in [5.41, 5.74) is 16.7. The molecule has 0 saturated heterocycles. The van der Waals surface area contributed by atoms with Crippen LogP contribution in [0.3, 0.4) is 0 Å². The van der Waals surface area contributed by atoms with Crippen molar-refractivity contribution >= 4 is 17.8 Å². The molecule has 9 nitrogen and oxygen atoms in total. The molecule has 0 unspecified atom stereocenters. The lowest BCUT2D eigenvalue weighted by atomic mass is 10.0. The van der Waals surface area contributed by atoms with E-state index < -0.39 is 35.9 Å². The Balaban J connectivity index is 4.94. The molecule has 2 amide bonds. The number of carboxylic acid groups (broad SMARTS) is 1. The van der Waals surface area contributed by atoms with Crippen molar-refractivity contribution in [3.63, 3.8) is 0 Å². The van der Waals surface area contributed by atoms with Gasteiger partial charge in [-0.1, -0.05) is 13.8 Å². The zero-order valence-electron chi connectivity index (χ0n) is 15.9. The molecule has 0 aromatic rings. The molecule has 0 spiro atoms. The highest BCUT2D eigenvalue weighted by atomic mass is 16.4. The summed E-state index contributed by atoms with van der Waals surface area (Å²) < 4.78 is 0. The van der Waals surface area contributed by atoms with Crippen LogP contribution in [-0.4, -0.2) is 54.1 Å². The third-order valence-corrected chi connectivity index (χ3v) is 4.16. The van der Waals surface area contributed by atoms with Crippen LogP contribution < -0.4 is 27.8 Å². The van der Waals surface area contributed by atoms with Gasteiger partial charge in [0.2, 0.25) is 11.8 Å². The lowest BCUT2D eigenvalue weighted by Gasteiger charge is -2.24. The number of aliphatic carboxylic acids is 1. The van der Waals surface area contributed by atoms with Crippen LogP contribution in [0.15, 0.2) is 0 Å². The maximum atomic E-state index is 12.5. The van der Waals surface area contributed by atoms with Crippen LogP contribution in [0, 0.1) is 5.92 Å². The van der Waals surface area contributed by atoms with Crippen LogP contribution in [0.1, 0.15) is 52.4 Å². The number of nitrogens with two attached hydrogens (primary N) is 3.